The van der Waals surface area contributed by atoms with Gasteiger partial charge in [-0.25, -0.2) is 9.97 Å². The minimum absolute atomic E-state index is 0.815. The van der Waals surface area contributed by atoms with E-state index in [4.69, 9.17) is 4.98 Å². The number of hydrogen-bond donors (Lipinski definition) is 1. The number of rotatable bonds is 3. The van der Waals surface area contributed by atoms with E-state index in [1.807, 2.05) is 0 Å². The highest BCUT2D eigenvalue weighted by Crippen LogP contribution is 2.29. The first-order chi connectivity index (χ1) is 8.76. The molecule has 3 heterocycles. The van der Waals surface area contributed by atoms with Crippen LogP contribution < -0.4 is 10.2 Å². The average Bonchev–Trinajstić information content (AvgIpc) is 2.88. The van der Waals surface area contributed by atoms with E-state index in [1.54, 1.807) is 0 Å². The molecule has 0 radical (unpaired) electrons. The molecule has 2 atom stereocenters. The van der Waals surface area contributed by atoms with Crippen molar-refractivity contribution in [3.8, 4) is 0 Å². The van der Waals surface area contributed by atoms with Crippen LogP contribution in [0.4, 0.5) is 5.82 Å². The zero-order valence-corrected chi connectivity index (χ0v) is 11.3. The maximum absolute atomic E-state index is 4.73. The molecule has 2 aliphatic rings. The molecular formula is C14H22N4. The van der Waals surface area contributed by atoms with Gasteiger partial charge < -0.3 is 10.2 Å². The fourth-order valence-corrected chi connectivity index (χ4v) is 3.15. The lowest BCUT2D eigenvalue weighted by atomic mass is 10.0. The lowest BCUT2D eigenvalue weighted by Crippen LogP contribution is -2.26. The molecular weight excluding hydrogens is 224 g/mol. The van der Waals surface area contributed by atoms with Crippen molar-refractivity contribution in [2.24, 2.45) is 11.8 Å². The Labute approximate surface area is 109 Å². The van der Waals surface area contributed by atoms with Crippen LogP contribution in [-0.4, -0.2) is 36.1 Å². The number of anilines is 1. The third-order valence-corrected chi connectivity index (χ3v) is 4.07. The minimum atomic E-state index is 0.815. The summed E-state index contributed by atoms with van der Waals surface area (Å²) in [4.78, 5) is 11.7. The fourth-order valence-electron chi connectivity index (χ4n) is 3.15. The largest absolute Gasteiger partial charge is 0.356 e. The number of hydrogen-bond acceptors (Lipinski definition) is 4. The highest BCUT2D eigenvalue weighted by molar-refractivity contribution is 5.41. The van der Waals surface area contributed by atoms with Crippen molar-refractivity contribution in [3.05, 3.63) is 17.6 Å². The summed E-state index contributed by atoms with van der Waals surface area (Å²) in [7, 11) is 0. The van der Waals surface area contributed by atoms with Gasteiger partial charge in [-0.05, 0) is 25.2 Å². The van der Waals surface area contributed by atoms with Crippen molar-refractivity contribution in [1.82, 2.24) is 15.3 Å². The van der Waals surface area contributed by atoms with Gasteiger partial charge >= 0.3 is 0 Å². The molecule has 1 aromatic rings. The third-order valence-electron chi connectivity index (χ3n) is 4.07. The topological polar surface area (TPSA) is 41.1 Å². The zero-order chi connectivity index (χ0) is 12.5. The molecule has 1 N–H and O–H groups in total. The summed E-state index contributed by atoms with van der Waals surface area (Å²) < 4.78 is 0. The van der Waals surface area contributed by atoms with Crippen molar-refractivity contribution >= 4 is 5.82 Å². The number of nitrogens with zero attached hydrogens (tertiary/aromatic N) is 3. The quantitative estimate of drug-likeness (QED) is 0.875. The van der Waals surface area contributed by atoms with Gasteiger partial charge in [0.15, 0.2) is 0 Å². The first-order valence-electron chi connectivity index (χ1n) is 7.06. The summed E-state index contributed by atoms with van der Waals surface area (Å²) in [6.45, 7) is 8.90. The highest BCUT2D eigenvalue weighted by atomic mass is 15.2. The third kappa shape index (κ3) is 2.21. The van der Waals surface area contributed by atoms with Crippen LogP contribution in [0, 0.1) is 18.8 Å². The smallest absolute Gasteiger partial charge is 0.132 e. The summed E-state index contributed by atoms with van der Waals surface area (Å²) in [6.07, 6.45) is 2.09. The molecule has 98 valence electrons. The Morgan fingerprint density at radius 2 is 2.00 bits per heavy atom. The molecule has 2 unspecified atom stereocenters. The molecule has 3 rings (SSSR count). The Morgan fingerprint density at radius 3 is 2.67 bits per heavy atom. The number of aromatic nitrogens is 2. The van der Waals surface area contributed by atoms with Crippen molar-refractivity contribution in [2.45, 2.75) is 26.7 Å². The van der Waals surface area contributed by atoms with Crippen LogP contribution in [-0.2, 0) is 6.42 Å². The standard InChI is InChI=1S/C14H22N4/c1-3-4-13-16-10(2)5-14(17-13)18-8-11-6-15-7-12(11)9-18/h5,11-12,15H,3-4,6-9H2,1-2H3. The lowest BCUT2D eigenvalue weighted by Gasteiger charge is -2.19. The fraction of sp³-hybridized carbons (Fsp3) is 0.714. The van der Waals surface area contributed by atoms with E-state index in [9.17, 15) is 0 Å². The second-order valence-corrected chi connectivity index (χ2v) is 5.62. The Kier molecular flexibility index (Phi) is 3.20. The van der Waals surface area contributed by atoms with Crippen LogP contribution in [0.25, 0.3) is 0 Å². The van der Waals surface area contributed by atoms with Crippen LogP contribution in [0.5, 0.6) is 0 Å². The molecule has 2 fully saturated rings. The van der Waals surface area contributed by atoms with Crippen LogP contribution in [0.3, 0.4) is 0 Å². The van der Waals surface area contributed by atoms with Gasteiger partial charge in [-0.1, -0.05) is 6.92 Å². The van der Waals surface area contributed by atoms with Crippen LogP contribution in [0.1, 0.15) is 24.9 Å². The normalized spacial score (nSPS) is 26.7. The Bertz CT molecular complexity index is 420. The van der Waals surface area contributed by atoms with E-state index < -0.39 is 0 Å². The highest BCUT2D eigenvalue weighted by Gasteiger charge is 2.36. The Morgan fingerprint density at radius 1 is 1.28 bits per heavy atom. The molecule has 0 amide bonds. The van der Waals surface area contributed by atoms with E-state index >= 15 is 0 Å². The Balaban J connectivity index is 1.79. The Hall–Kier alpha value is -1.16. The van der Waals surface area contributed by atoms with Gasteiger partial charge in [0.05, 0.1) is 0 Å². The van der Waals surface area contributed by atoms with Gasteiger partial charge in [-0.2, -0.15) is 0 Å². The first-order valence-corrected chi connectivity index (χ1v) is 7.06. The first kappa shape index (κ1) is 11.9. The van der Waals surface area contributed by atoms with Crippen LogP contribution in [0.15, 0.2) is 6.07 Å². The van der Waals surface area contributed by atoms with E-state index in [-0.39, 0.29) is 0 Å². The molecule has 0 saturated carbocycles. The van der Waals surface area contributed by atoms with Gasteiger partial charge in [-0.3, -0.25) is 0 Å². The van der Waals surface area contributed by atoms with Gasteiger partial charge in [0.2, 0.25) is 0 Å². The number of aryl methyl sites for hydroxylation is 2. The SMILES string of the molecule is CCCc1nc(C)cc(N2CC3CNCC3C2)n1. The predicted molar refractivity (Wildman–Crippen MR) is 72.8 cm³/mol. The molecule has 4 heteroatoms. The maximum Gasteiger partial charge on any atom is 0.132 e. The summed E-state index contributed by atoms with van der Waals surface area (Å²) in [5, 5.41) is 3.48. The van der Waals surface area contributed by atoms with Gasteiger partial charge in [0, 0.05) is 44.4 Å². The second kappa shape index (κ2) is 4.84. The van der Waals surface area contributed by atoms with Crippen molar-refractivity contribution < 1.29 is 0 Å². The van der Waals surface area contributed by atoms with E-state index in [2.05, 4.69) is 35.1 Å². The summed E-state index contributed by atoms with van der Waals surface area (Å²) in [5.74, 6) is 3.77. The van der Waals surface area contributed by atoms with Crippen LogP contribution >= 0.6 is 0 Å². The molecule has 4 nitrogen and oxygen atoms in total. The van der Waals surface area contributed by atoms with Crippen molar-refractivity contribution in [3.63, 3.8) is 0 Å². The molecule has 0 aliphatic carbocycles. The van der Waals surface area contributed by atoms with Gasteiger partial charge in [-0.15, -0.1) is 0 Å². The van der Waals surface area contributed by atoms with Gasteiger partial charge in [0.1, 0.15) is 11.6 Å². The second-order valence-electron chi connectivity index (χ2n) is 5.62. The van der Waals surface area contributed by atoms with Gasteiger partial charge in [0.25, 0.3) is 0 Å². The molecule has 2 aliphatic heterocycles. The summed E-state index contributed by atoms with van der Waals surface area (Å²) >= 11 is 0. The molecule has 2 saturated heterocycles. The molecule has 0 aromatic carbocycles. The van der Waals surface area contributed by atoms with E-state index in [1.165, 1.54) is 13.1 Å². The summed E-state index contributed by atoms with van der Waals surface area (Å²) in [5.41, 5.74) is 1.10. The lowest BCUT2D eigenvalue weighted by molar-refractivity contribution is 0.533. The minimum Gasteiger partial charge on any atom is -0.356 e. The van der Waals surface area contributed by atoms with Crippen molar-refractivity contribution in [1.29, 1.82) is 0 Å². The molecule has 0 bridgehead atoms. The average molecular weight is 246 g/mol. The molecule has 18 heavy (non-hydrogen) atoms. The summed E-state index contributed by atoms with van der Waals surface area (Å²) in [6, 6.07) is 2.13. The maximum atomic E-state index is 4.73. The van der Waals surface area contributed by atoms with Crippen molar-refractivity contribution in [2.75, 3.05) is 31.1 Å². The molecule has 0 spiro atoms. The monoisotopic (exact) mass is 246 g/mol. The van der Waals surface area contributed by atoms with Crippen LogP contribution in [0.2, 0.25) is 0 Å². The van der Waals surface area contributed by atoms with E-state index in [0.29, 0.717) is 0 Å². The number of nitrogens with one attached hydrogen (secondary N) is 1. The van der Waals surface area contributed by atoms with E-state index in [0.717, 1.165) is 55.1 Å². The zero-order valence-electron chi connectivity index (χ0n) is 11.3. The molecule has 1 aromatic heterocycles. The predicted octanol–water partition coefficient (Wildman–Crippen LogP) is 1.39. The number of fused-ring (bicyclic) bond motifs is 1.